The van der Waals surface area contributed by atoms with E-state index < -0.39 is 46.3 Å². The zero-order valence-electron chi connectivity index (χ0n) is 20.1. The summed E-state index contributed by atoms with van der Waals surface area (Å²) in [6.07, 6.45) is 1.44. The zero-order chi connectivity index (χ0) is 28.8. The molecule has 1 spiro atoms. The molecule has 0 radical (unpaired) electrons. The van der Waals surface area contributed by atoms with E-state index in [1.807, 2.05) is 0 Å². The summed E-state index contributed by atoms with van der Waals surface area (Å²) in [4.78, 5) is 64.9. The molecule has 5 rings (SSSR count). The van der Waals surface area contributed by atoms with E-state index >= 15 is 0 Å². The molecule has 10 nitrogen and oxygen atoms in total. The molecule has 2 aliphatic rings. The van der Waals surface area contributed by atoms with Crippen molar-refractivity contribution < 1.29 is 34.2 Å². The Hall–Kier alpha value is -4.93. The van der Waals surface area contributed by atoms with Crippen LogP contribution in [0.2, 0.25) is 10.0 Å². The molecule has 0 aliphatic carbocycles. The molecule has 0 aromatic heterocycles. The summed E-state index contributed by atoms with van der Waals surface area (Å²) in [5.41, 5.74) is -1.74. The van der Waals surface area contributed by atoms with Gasteiger partial charge in [-0.3, -0.25) is 24.1 Å². The molecule has 2 aliphatic heterocycles. The number of carboxylic acids is 1. The van der Waals surface area contributed by atoms with Crippen molar-refractivity contribution in [1.82, 2.24) is 5.32 Å². The average molecular weight is 578 g/mol. The van der Waals surface area contributed by atoms with Crippen LogP contribution < -0.4 is 15.5 Å². The van der Waals surface area contributed by atoms with E-state index in [0.717, 1.165) is 6.08 Å². The Kier molecular flexibility index (Phi) is 6.66. The highest BCUT2D eigenvalue weighted by Crippen LogP contribution is 2.52. The fourth-order valence-electron chi connectivity index (χ4n) is 4.71. The lowest BCUT2D eigenvalue weighted by molar-refractivity contribution is -0.131. The minimum atomic E-state index is -2.09. The zero-order valence-corrected chi connectivity index (χ0v) is 21.7. The standard InChI is InChI=1S/C28H17Cl2N3O7/c29-15-4-2-6-18(12-15)33-20-13-16(30)7-8-19(20)28(27(33)40)23(25(38)26(39)32-28)24(37)14-3-1-5-17(11-14)31-21(34)9-10-22(35)36/h1-13,38H,(H,31,34)(H,32,39)(H,35,36)/b10-9+. The van der Waals surface area contributed by atoms with E-state index in [1.54, 1.807) is 18.2 Å². The first-order chi connectivity index (χ1) is 19.0. The summed E-state index contributed by atoms with van der Waals surface area (Å²) < 4.78 is 0. The fraction of sp³-hybridized carbons (Fsp3) is 0.0357. The lowest BCUT2D eigenvalue weighted by Crippen LogP contribution is -2.50. The number of anilines is 3. The van der Waals surface area contributed by atoms with Crippen molar-refractivity contribution in [2.45, 2.75) is 5.54 Å². The fourth-order valence-corrected chi connectivity index (χ4v) is 5.06. The second kappa shape index (κ2) is 9.99. The minimum Gasteiger partial charge on any atom is -0.503 e. The smallest absolute Gasteiger partial charge is 0.328 e. The Labute approximate surface area is 236 Å². The number of amides is 3. The number of aliphatic hydroxyl groups excluding tert-OH is 1. The highest BCUT2D eigenvalue weighted by molar-refractivity contribution is 6.33. The topological polar surface area (TPSA) is 153 Å². The quantitative estimate of drug-likeness (QED) is 0.252. The molecule has 0 saturated heterocycles. The number of nitrogens with zero attached hydrogens (tertiary/aromatic N) is 1. The summed E-state index contributed by atoms with van der Waals surface area (Å²) >= 11 is 12.4. The van der Waals surface area contributed by atoms with Gasteiger partial charge in [0, 0.05) is 39.0 Å². The summed E-state index contributed by atoms with van der Waals surface area (Å²) in [7, 11) is 0. The number of carboxylic acid groups (broad SMARTS) is 1. The molecule has 40 heavy (non-hydrogen) atoms. The summed E-state index contributed by atoms with van der Waals surface area (Å²) in [5, 5.41) is 25.1. The number of nitrogens with one attached hydrogen (secondary N) is 2. The van der Waals surface area contributed by atoms with Crippen LogP contribution in [-0.4, -0.2) is 39.7 Å². The number of carbonyl (C=O) groups is 5. The SMILES string of the molecule is O=C(O)/C=C/C(=O)Nc1cccc(C(=O)C2=C(O)C(=O)NC23C(=O)N(c2cccc(Cl)c2)c2cc(Cl)ccc23)c1. The van der Waals surface area contributed by atoms with Crippen molar-refractivity contribution in [2.24, 2.45) is 0 Å². The first kappa shape index (κ1) is 26.7. The predicted octanol–water partition coefficient (Wildman–Crippen LogP) is 4.27. The van der Waals surface area contributed by atoms with E-state index in [2.05, 4.69) is 10.6 Å². The van der Waals surface area contributed by atoms with Crippen molar-refractivity contribution >= 4 is 69.7 Å². The maximum absolute atomic E-state index is 14.2. The van der Waals surface area contributed by atoms with Crippen LogP contribution in [0, 0.1) is 0 Å². The summed E-state index contributed by atoms with van der Waals surface area (Å²) in [6.45, 7) is 0. The van der Waals surface area contributed by atoms with Gasteiger partial charge in [-0.05, 0) is 42.5 Å². The highest BCUT2D eigenvalue weighted by Gasteiger charge is 2.62. The third-order valence-electron chi connectivity index (χ3n) is 6.32. The predicted molar refractivity (Wildman–Crippen MR) is 146 cm³/mol. The van der Waals surface area contributed by atoms with E-state index in [4.69, 9.17) is 28.3 Å². The molecule has 0 bridgehead atoms. The number of Topliss-reactive ketones (excluding diaryl/α,β-unsaturated/α-hetero) is 1. The number of aliphatic carboxylic acids is 1. The molecule has 0 fully saturated rings. The van der Waals surface area contributed by atoms with Crippen LogP contribution in [0.4, 0.5) is 17.1 Å². The first-order valence-corrected chi connectivity index (χ1v) is 12.3. The van der Waals surface area contributed by atoms with Gasteiger partial charge in [0.05, 0.1) is 16.9 Å². The third-order valence-corrected chi connectivity index (χ3v) is 6.79. The van der Waals surface area contributed by atoms with E-state index in [9.17, 15) is 29.1 Å². The van der Waals surface area contributed by atoms with E-state index in [1.165, 1.54) is 53.4 Å². The number of ketones is 1. The van der Waals surface area contributed by atoms with Crippen LogP contribution in [-0.2, 0) is 24.7 Å². The lowest BCUT2D eigenvalue weighted by atomic mass is 9.81. The van der Waals surface area contributed by atoms with Gasteiger partial charge in [0.2, 0.25) is 5.91 Å². The number of hydrogen-bond donors (Lipinski definition) is 4. The van der Waals surface area contributed by atoms with Gasteiger partial charge in [-0.1, -0.05) is 47.5 Å². The maximum atomic E-state index is 14.2. The largest absolute Gasteiger partial charge is 0.503 e. The van der Waals surface area contributed by atoms with Gasteiger partial charge in [-0.25, -0.2) is 4.79 Å². The van der Waals surface area contributed by atoms with Crippen LogP contribution >= 0.6 is 23.2 Å². The third kappa shape index (κ3) is 4.39. The normalized spacial score (nSPS) is 17.9. The number of fused-ring (bicyclic) bond motifs is 2. The molecule has 3 amide bonds. The van der Waals surface area contributed by atoms with E-state index in [0.29, 0.717) is 16.8 Å². The number of halogens is 2. The van der Waals surface area contributed by atoms with Crippen LogP contribution in [0.5, 0.6) is 0 Å². The molecular formula is C28H17Cl2N3O7. The molecule has 4 N–H and O–H groups in total. The van der Waals surface area contributed by atoms with Crippen molar-refractivity contribution in [3.63, 3.8) is 0 Å². The molecule has 2 heterocycles. The molecule has 12 heteroatoms. The Bertz CT molecular complexity index is 1720. The van der Waals surface area contributed by atoms with Crippen LogP contribution in [0.25, 0.3) is 0 Å². The Morgan fingerprint density at radius 2 is 1.65 bits per heavy atom. The molecule has 1 atom stereocenters. The lowest BCUT2D eigenvalue weighted by Gasteiger charge is -2.26. The van der Waals surface area contributed by atoms with Crippen molar-refractivity contribution in [3.8, 4) is 0 Å². The average Bonchev–Trinajstić information content (AvgIpc) is 3.31. The molecule has 200 valence electrons. The molecule has 3 aromatic rings. The van der Waals surface area contributed by atoms with Crippen LogP contribution in [0.15, 0.2) is 90.2 Å². The van der Waals surface area contributed by atoms with Gasteiger partial charge in [0.15, 0.2) is 17.1 Å². The number of carbonyl (C=O) groups excluding carboxylic acids is 4. The highest BCUT2D eigenvalue weighted by atomic mass is 35.5. The van der Waals surface area contributed by atoms with Crippen molar-refractivity contribution in [3.05, 3.63) is 111 Å². The van der Waals surface area contributed by atoms with Gasteiger partial charge in [-0.2, -0.15) is 0 Å². The summed E-state index contributed by atoms with van der Waals surface area (Å²) in [6, 6.07) is 16.4. The van der Waals surface area contributed by atoms with Crippen LogP contribution in [0.1, 0.15) is 15.9 Å². The minimum absolute atomic E-state index is 0.0676. The monoisotopic (exact) mass is 577 g/mol. The summed E-state index contributed by atoms with van der Waals surface area (Å²) in [5.74, 6) is -5.68. The van der Waals surface area contributed by atoms with Crippen LogP contribution in [0.3, 0.4) is 0 Å². The number of rotatable bonds is 6. The number of benzene rings is 3. The second-order valence-electron chi connectivity index (χ2n) is 8.78. The maximum Gasteiger partial charge on any atom is 0.328 e. The molecule has 1 unspecified atom stereocenters. The van der Waals surface area contributed by atoms with Gasteiger partial charge in [0.1, 0.15) is 0 Å². The molecular weight excluding hydrogens is 561 g/mol. The molecule has 3 aromatic carbocycles. The van der Waals surface area contributed by atoms with Gasteiger partial charge >= 0.3 is 5.97 Å². The second-order valence-corrected chi connectivity index (χ2v) is 9.65. The van der Waals surface area contributed by atoms with Gasteiger partial charge in [-0.15, -0.1) is 0 Å². The van der Waals surface area contributed by atoms with E-state index in [-0.39, 0.29) is 27.5 Å². The number of hydrogen-bond acceptors (Lipinski definition) is 6. The molecule has 0 saturated carbocycles. The van der Waals surface area contributed by atoms with Crippen molar-refractivity contribution in [2.75, 3.05) is 10.2 Å². The number of aliphatic hydroxyl groups is 1. The van der Waals surface area contributed by atoms with Gasteiger partial charge < -0.3 is 20.8 Å². The van der Waals surface area contributed by atoms with Gasteiger partial charge in [0.25, 0.3) is 11.8 Å². The Morgan fingerprint density at radius 3 is 2.38 bits per heavy atom. The van der Waals surface area contributed by atoms with Crippen molar-refractivity contribution in [1.29, 1.82) is 0 Å². The Balaban J connectivity index is 1.61. The first-order valence-electron chi connectivity index (χ1n) is 11.6. The Morgan fingerprint density at radius 1 is 0.925 bits per heavy atom.